The number of carbonyl (C=O) groups excluding carboxylic acids is 1. The number of pyridine rings is 1. The summed E-state index contributed by atoms with van der Waals surface area (Å²) in [6.07, 6.45) is 7.87. The molecule has 0 amide bonds. The highest BCUT2D eigenvalue weighted by Gasteiger charge is 2.42. The third kappa shape index (κ3) is 3.39. The highest BCUT2D eigenvalue weighted by molar-refractivity contribution is 5.93. The van der Waals surface area contributed by atoms with Gasteiger partial charge in [-0.05, 0) is 43.7 Å². The van der Waals surface area contributed by atoms with Gasteiger partial charge in [0.1, 0.15) is 11.6 Å². The van der Waals surface area contributed by atoms with E-state index in [2.05, 4.69) is 25.2 Å². The van der Waals surface area contributed by atoms with Crippen LogP contribution in [0.15, 0.2) is 36.9 Å². The highest BCUT2D eigenvalue weighted by atomic mass is 16.3. The van der Waals surface area contributed by atoms with Crippen LogP contribution in [0.5, 0.6) is 0 Å². The molecule has 0 unspecified atom stereocenters. The molecule has 0 radical (unpaired) electrons. The molecular weight excluding hydrogens is 330 g/mol. The minimum Gasteiger partial charge on any atom is -0.391 e. The van der Waals surface area contributed by atoms with Gasteiger partial charge < -0.3 is 15.3 Å². The summed E-state index contributed by atoms with van der Waals surface area (Å²) in [4.78, 5) is 26.4. The molecule has 3 heterocycles. The standard InChI is InChI=1S/C19H23N5O2/c1-12(25)13-2-3-19(22-8-13)24-10-14-6-16(17(26)7-15(14)11-24)23-18-9-20-4-5-21-18/h2-5,8-9,14-17,26H,6-7,10-11H2,1H3,(H,21,23)/t14-,15+,16-,17-/m1/s1. The number of nitrogens with zero attached hydrogens (tertiary/aromatic N) is 4. The molecule has 1 saturated heterocycles. The molecule has 136 valence electrons. The van der Waals surface area contributed by atoms with Crippen molar-refractivity contribution < 1.29 is 9.90 Å². The van der Waals surface area contributed by atoms with Gasteiger partial charge in [0.25, 0.3) is 0 Å². The Morgan fingerprint density at radius 3 is 2.62 bits per heavy atom. The van der Waals surface area contributed by atoms with Gasteiger partial charge in [0, 0.05) is 37.2 Å². The Kier molecular flexibility index (Phi) is 4.55. The van der Waals surface area contributed by atoms with E-state index in [9.17, 15) is 9.90 Å². The number of hydrogen-bond acceptors (Lipinski definition) is 7. The van der Waals surface area contributed by atoms with Crippen LogP contribution in [0.25, 0.3) is 0 Å². The van der Waals surface area contributed by atoms with Crippen molar-refractivity contribution in [3.63, 3.8) is 0 Å². The van der Waals surface area contributed by atoms with Crippen LogP contribution in [0.1, 0.15) is 30.1 Å². The summed E-state index contributed by atoms with van der Waals surface area (Å²) in [6.45, 7) is 3.36. The van der Waals surface area contributed by atoms with Gasteiger partial charge in [-0.2, -0.15) is 0 Å². The zero-order valence-corrected chi connectivity index (χ0v) is 14.7. The zero-order valence-electron chi connectivity index (χ0n) is 14.7. The number of anilines is 2. The number of fused-ring (bicyclic) bond motifs is 1. The van der Waals surface area contributed by atoms with Gasteiger partial charge in [-0.25, -0.2) is 9.97 Å². The normalized spacial score (nSPS) is 27.8. The van der Waals surface area contributed by atoms with E-state index in [0.29, 0.717) is 23.2 Å². The lowest BCUT2D eigenvalue weighted by Gasteiger charge is -2.35. The van der Waals surface area contributed by atoms with Crippen LogP contribution in [-0.4, -0.2) is 51.1 Å². The molecule has 1 aliphatic carbocycles. The monoisotopic (exact) mass is 353 g/mol. The van der Waals surface area contributed by atoms with Crippen molar-refractivity contribution >= 4 is 17.4 Å². The summed E-state index contributed by atoms with van der Waals surface area (Å²) < 4.78 is 0. The first-order valence-electron chi connectivity index (χ1n) is 9.02. The molecule has 1 saturated carbocycles. The van der Waals surface area contributed by atoms with E-state index in [4.69, 9.17) is 0 Å². The summed E-state index contributed by atoms with van der Waals surface area (Å²) in [6, 6.07) is 3.74. The topological polar surface area (TPSA) is 91.2 Å². The largest absolute Gasteiger partial charge is 0.391 e. The molecule has 7 heteroatoms. The van der Waals surface area contributed by atoms with Crippen molar-refractivity contribution in [2.45, 2.75) is 31.9 Å². The maximum Gasteiger partial charge on any atom is 0.161 e. The van der Waals surface area contributed by atoms with E-state index in [1.807, 2.05) is 12.1 Å². The number of Topliss-reactive ketones (excluding diaryl/α,β-unsaturated/α-hetero) is 1. The zero-order chi connectivity index (χ0) is 18.1. The molecule has 2 aliphatic rings. The highest BCUT2D eigenvalue weighted by Crippen LogP contribution is 2.38. The molecule has 0 aromatic carbocycles. The van der Waals surface area contributed by atoms with Crippen LogP contribution in [-0.2, 0) is 0 Å². The Labute approximate surface area is 152 Å². The maximum absolute atomic E-state index is 11.4. The van der Waals surface area contributed by atoms with E-state index >= 15 is 0 Å². The molecular formula is C19H23N5O2. The number of carbonyl (C=O) groups is 1. The lowest BCUT2D eigenvalue weighted by molar-refractivity contribution is 0.0737. The molecule has 26 heavy (non-hydrogen) atoms. The average molecular weight is 353 g/mol. The Morgan fingerprint density at radius 2 is 1.96 bits per heavy atom. The second-order valence-corrected chi connectivity index (χ2v) is 7.27. The van der Waals surface area contributed by atoms with E-state index in [1.54, 1.807) is 31.7 Å². The Hall–Kier alpha value is -2.54. The van der Waals surface area contributed by atoms with Crippen LogP contribution in [0.2, 0.25) is 0 Å². The molecule has 0 spiro atoms. The maximum atomic E-state index is 11.4. The lowest BCUT2D eigenvalue weighted by atomic mass is 9.77. The Morgan fingerprint density at radius 1 is 1.15 bits per heavy atom. The van der Waals surface area contributed by atoms with E-state index in [1.165, 1.54) is 0 Å². The fourth-order valence-corrected chi connectivity index (χ4v) is 4.12. The second-order valence-electron chi connectivity index (χ2n) is 7.27. The quantitative estimate of drug-likeness (QED) is 0.809. The predicted molar refractivity (Wildman–Crippen MR) is 98.1 cm³/mol. The number of nitrogens with one attached hydrogen (secondary N) is 1. The smallest absolute Gasteiger partial charge is 0.161 e. The first-order chi connectivity index (χ1) is 12.6. The number of aliphatic hydroxyl groups is 1. The molecule has 2 fully saturated rings. The van der Waals surface area contributed by atoms with Gasteiger partial charge in [-0.1, -0.05) is 0 Å². The van der Waals surface area contributed by atoms with Gasteiger partial charge in [0.15, 0.2) is 5.78 Å². The lowest BCUT2D eigenvalue weighted by Crippen LogP contribution is -2.43. The van der Waals surface area contributed by atoms with E-state index < -0.39 is 6.10 Å². The number of rotatable bonds is 4. The fourth-order valence-electron chi connectivity index (χ4n) is 4.12. The summed E-state index contributed by atoms with van der Waals surface area (Å²) in [7, 11) is 0. The van der Waals surface area contributed by atoms with Crippen LogP contribution in [0.3, 0.4) is 0 Å². The molecule has 4 atom stereocenters. The van der Waals surface area contributed by atoms with Crippen molar-refractivity contribution in [3.8, 4) is 0 Å². The van der Waals surface area contributed by atoms with Crippen molar-refractivity contribution in [2.24, 2.45) is 11.8 Å². The van der Waals surface area contributed by atoms with Gasteiger partial charge in [-0.3, -0.25) is 9.78 Å². The summed E-state index contributed by atoms with van der Waals surface area (Å²) in [5.41, 5.74) is 0.633. The third-order valence-electron chi connectivity index (χ3n) is 5.52. The summed E-state index contributed by atoms with van der Waals surface area (Å²) in [5, 5.41) is 13.9. The molecule has 4 rings (SSSR count). The number of hydrogen-bond donors (Lipinski definition) is 2. The number of aromatic nitrogens is 3. The average Bonchev–Trinajstić information content (AvgIpc) is 3.05. The van der Waals surface area contributed by atoms with Crippen LogP contribution in [0.4, 0.5) is 11.6 Å². The number of ketones is 1. The van der Waals surface area contributed by atoms with Gasteiger partial charge >= 0.3 is 0 Å². The predicted octanol–water partition coefficient (Wildman–Crippen LogP) is 1.76. The van der Waals surface area contributed by atoms with Crippen molar-refractivity contribution in [3.05, 3.63) is 42.5 Å². The van der Waals surface area contributed by atoms with Crippen molar-refractivity contribution in [2.75, 3.05) is 23.3 Å². The Bertz CT molecular complexity index is 767. The molecule has 2 aromatic rings. The molecule has 7 nitrogen and oxygen atoms in total. The van der Waals surface area contributed by atoms with Crippen LogP contribution in [0, 0.1) is 11.8 Å². The van der Waals surface area contributed by atoms with Crippen molar-refractivity contribution in [1.29, 1.82) is 0 Å². The Balaban J connectivity index is 1.43. The van der Waals surface area contributed by atoms with E-state index in [0.717, 1.165) is 31.7 Å². The molecule has 1 aliphatic heterocycles. The van der Waals surface area contributed by atoms with Crippen molar-refractivity contribution in [1.82, 2.24) is 15.0 Å². The second kappa shape index (κ2) is 6.99. The fraction of sp³-hybridized carbons (Fsp3) is 0.474. The SMILES string of the molecule is CC(=O)c1ccc(N2C[C@H]3C[C@@H](Nc4cnccn4)[C@H](O)C[C@H]3C2)nc1. The first-order valence-corrected chi connectivity index (χ1v) is 9.02. The first kappa shape index (κ1) is 16.9. The minimum atomic E-state index is -0.397. The summed E-state index contributed by atoms with van der Waals surface area (Å²) in [5.74, 6) is 2.59. The summed E-state index contributed by atoms with van der Waals surface area (Å²) >= 11 is 0. The van der Waals surface area contributed by atoms with Gasteiger partial charge in [-0.15, -0.1) is 0 Å². The third-order valence-corrected chi connectivity index (χ3v) is 5.52. The molecule has 2 aromatic heterocycles. The van der Waals surface area contributed by atoms with Crippen LogP contribution < -0.4 is 10.2 Å². The number of aliphatic hydroxyl groups excluding tert-OH is 1. The van der Waals surface area contributed by atoms with Gasteiger partial charge in [0.2, 0.25) is 0 Å². The van der Waals surface area contributed by atoms with Crippen LogP contribution >= 0.6 is 0 Å². The van der Waals surface area contributed by atoms with E-state index in [-0.39, 0.29) is 11.8 Å². The molecule has 2 N–H and O–H groups in total. The van der Waals surface area contributed by atoms with Gasteiger partial charge in [0.05, 0.1) is 18.3 Å². The minimum absolute atomic E-state index is 0.0130. The molecule has 0 bridgehead atoms.